The number of hydrogen-bond acceptors (Lipinski definition) is 4. The first-order valence-electron chi connectivity index (χ1n) is 14.1. The molecule has 1 atom stereocenters. The molecule has 1 fully saturated rings. The maximum absolute atomic E-state index is 6.09. The smallest absolute Gasteiger partial charge is 0.276 e. The molecule has 1 radical (unpaired) electrons. The molecule has 1 aromatic heterocycles. The summed E-state index contributed by atoms with van der Waals surface area (Å²) in [5.74, 6) is 0.790. The summed E-state index contributed by atoms with van der Waals surface area (Å²) in [7, 11) is -0.845. The molecule has 38 heavy (non-hydrogen) atoms. The number of pyridine rings is 1. The van der Waals surface area contributed by atoms with Gasteiger partial charge in [-0.3, -0.25) is 9.80 Å². The molecule has 0 bridgehead atoms. The van der Waals surface area contributed by atoms with Crippen LogP contribution < -0.4 is 4.43 Å². The Hall–Kier alpha value is -2.73. The largest absolute Gasteiger partial charge is 0.530 e. The van der Waals surface area contributed by atoms with Crippen molar-refractivity contribution in [2.24, 2.45) is 0 Å². The van der Waals surface area contributed by atoms with Crippen molar-refractivity contribution in [1.29, 1.82) is 0 Å². The van der Waals surface area contributed by atoms with Crippen LogP contribution in [0.5, 0.6) is 5.88 Å². The molecule has 2 aromatic carbocycles. The monoisotopic (exact) mass is 524 g/mol. The Morgan fingerprint density at radius 2 is 1.68 bits per heavy atom. The van der Waals surface area contributed by atoms with E-state index in [1.54, 1.807) is 0 Å². The highest BCUT2D eigenvalue weighted by Crippen LogP contribution is 2.39. The van der Waals surface area contributed by atoms with E-state index >= 15 is 0 Å². The lowest BCUT2D eigenvalue weighted by atomic mass is 9.83. The normalized spacial score (nSPS) is 18.8. The quantitative estimate of drug-likeness (QED) is 0.343. The van der Waals surface area contributed by atoms with Crippen LogP contribution in [0, 0.1) is 0 Å². The van der Waals surface area contributed by atoms with Gasteiger partial charge < -0.3 is 4.43 Å². The highest BCUT2D eigenvalue weighted by atomic mass is 28.3. The van der Waals surface area contributed by atoms with E-state index in [1.807, 2.05) is 0 Å². The molecule has 199 valence electrons. The predicted octanol–water partition coefficient (Wildman–Crippen LogP) is 6.53. The van der Waals surface area contributed by atoms with E-state index in [9.17, 15) is 0 Å². The van der Waals surface area contributed by atoms with E-state index in [1.165, 1.54) is 33.5 Å². The summed E-state index contributed by atoms with van der Waals surface area (Å²) >= 11 is 0. The first kappa shape index (κ1) is 26.9. The zero-order chi connectivity index (χ0) is 26.7. The van der Waals surface area contributed by atoms with Gasteiger partial charge in [-0.15, -0.1) is 0 Å². The average molecular weight is 525 g/mol. The number of rotatable bonds is 6. The maximum Gasteiger partial charge on any atom is 0.276 e. The van der Waals surface area contributed by atoms with Gasteiger partial charge in [0.05, 0.1) is 6.04 Å². The third kappa shape index (κ3) is 6.28. The van der Waals surface area contributed by atoms with E-state index in [4.69, 9.17) is 9.41 Å². The summed E-state index contributed by atoms with van der Waals surface area (Å²) in [6, 6.07) is 22.5. The number of nitrogens with zero attached hydrogens (tertiary/aromatic N) is 3. The molecular weight excluding hydrogens is 482 g/mol. The lowest BCUT2D eigenvalue weighted by Crippen LogP contribution is -2.48. The second-order valence-electron chi connectivity index (χ2n) is 11.9. The van der Waals surface area contributed by atoms with E-state index in [2.05, 4.69) is 116 Å². The van der Waals surface area contributed by atoms with Crippen molar-refractivity contribution in [3.8, 4) is 5.88 Å². The van der Waals surface area contributed by atoms with E-state index in [0.717, 1.165) is 51.4 Å². The third-order valence-corrected chi connectivity index (χ3v) is 8.39. The minimum atomic E-state index is -0.845. The maximum atomic E-state index is 6.09. The van der Waals surface area contributed by atoms with Crippen LogP contribution in [0.1, 0.15) is 60.3 Å². The summed E-state index contributed by atoms with van der Waals surface area (Å²) in [5.41, 5.74) is 8.30. The first-order chi connectivity index (χ1) is 18.3. The lowest BCUT2D eigenvalue weighted by Gasteiger charge is -2.40. The van der Waals surface area contributed by atoms with E-state index in [0.29, 0.717) is 0 Å². The zero-order valence-corrected chi connectivity index (χ0v) is 24.7. The molecule has 1 unspecified atom stereocenters. The number of aromatic nitrogens is 1. The van der Waals surface area contributed by atoms with Gasteiger partial charge in [-0.2, -0.15) is 0 Å². The van der Waals surface area contributed by atoms with Crippen LogP contribution in [-0.2, 0) is 18.3 Å². The fourth-order valence-electron chi connectivity index (χ4n) is 5.67. The van der Waals surface area contributed by atoms with Crippen LogP contribution in [0.25, 0.3) is 6.08 Å². The molecular formula is C33H42N3OSi. The van der Waals surface area contributed by atoms with Gasteiger partial charge in [0, 0.05) is 38.4 Å². The minimum absolute atomic E-state index is 0.120. The van der Waals surface area contributed by atoms with Crippen LogP contribution in [0.4, 0.5) is 0 Å². The fourth-order valence-corrected chi connectivity index (χ4v) is 6.20. The van der Waals surface area contributed by atoms with Crippen LogP contribution >= 0.6 is 0 Å². The third-order valence-electron chi connectivity index (χ3n) is 7.77. The predicted molar refractivity (Wildman–Crippen MR) is 160 cm³/mol. The van der Waals surface area contributed by atoms with Crippen molar-refractivity contribution in [2.75, 3.05) is 32.7 Å². The molecule has 2 aliphatic rings. The number of piperazine rings is 1. The molecule has 5 rings (SSSR count). The Morgan fingerprint density at radius 3 is 2.39 bits per heavy atom. The fraction of sp³-hybridized carbons (Fsp3) is 0.424. The second-order valence-corrected chi connectivity index (χ2v) is 13.9. The van der Waals surface area contributed by atoms with Gasteiger partial charge >= 0.3 is 0 Å². The highest BCUT2D eigenvalue weighted by molar-refractivity contribution is 6.49. The van der Waals surface area contributed by atoms with Gasteiger partial charge in [-0.1, -0.05) is 81.5 Å². The van der Waals surface area contributed by atoms with Crippen LogP contribution in [0.2, 0.25) is 13.1 Å². The molecule has 0 spiro atoms. The molecule has 1 aliphatic heterocycles. The van der Waals surface area contributed by atoms with Crippen LogP contribution in [0.15, 0.2) is 66.7 Å². The SMILES string of the molecule is C[Si](C)Oc1ccc2c(n1)CCc1ccc(C(C)(C)C)cc1C2N1CCN(C/C=C/c2ccccc2)CC1. The van der Waals surface area contributed by atoms with Crippen molar-refractivity contribution >= 4 is 15.1 Å². The van der Waals surface area contributed by atoms with Crippen molar-refractivity contribution in [3.63, 3.8) is 0 Å². The van der Waals surface area contributed by atoms with Gasteiger partial charge in [0.25, 0.3) is 9.04 Å². The Morgan fingerprint density at radius 1 is 0.921 bits per heavy atom. The summed E-state index contributed by atoms with van der Waals surface area (Å²) < 4.78 is 6.09. The van der Waals surface area contributed by atoms with E-state index in [-0.39, 0.29) is 11.5 Å². The molecule has 4 nitrogen and oxygen atoms in total. The standard InChI is InChI=1S/C33H42N3OSi/c1-33(2,3)27-15-13-26-14-17-30-28(16-18-31(34-30)37-38(4)5)32(29(26)24-27)36-22-20-35(21-23-36)19-9-12-25-10-7-6-8-11-25/h6-13,15-16,18,24,32H,14,17,19-23H2,1-5H3/b12-9+. The number of aryl methyl sites for hydroxylation is 2. The van der Waals surface area contributed by atoms with Gasteiger partial charge in [0.1, 0.15) is 0 Å². The van der Waals surface area contributed by atoms with Gasteiger partial charge in [0.2, 0.25) is 0 Å². The summed E-state index contributed by atoms with van der Waals surface area (Å²) in [6.45, 7) is 16.5. The summed E-state index contributed by atoms with van der Waals surface area (Å²) in [4.78, 5) is 10.3. The molecule has 2 heterocycles. The lowest BCUT2D eigenvalue weighted by molar-refractivity contribution is 0.117. The van der Waals surface area contributed by atoms with Crippen LogP contribution in [-0.4, -0.2) is 56.5 Å². The van der Waals surface area contributed by atoms with Crippen molar-refractivity contribution in [1.82, 2.24) is 14.8 Å². The van der Waals surface area contributed by atoms with Crippen molar-refractivity contribution < 1.29 is 4.43 Å². The molecule has 0 N–H and O–H groups in total. The minimum Gasteiger partial charge on any atom is -0.530 e. The average Bonchev–Trinajstić information content (AvgIpc) is 3.05. The Balaban J connectivity index is 1.41. The zero-order valence-electron chi connectivity index (χ0n) is 23.7. The Bertz CT molecular complexity index is 1260. The first-order valence-corrected chi connectivity index (χ1v) is 16.5. The topological polar surface area (TPSA) is 28.6 Å². The Labute approximate surface area is 231 Å². The molecule has 0 saturated carbocycles. The Kier molecular flexibility index (Phi) is 8.17. The van der Waals surface area contributed by atoms with Crippen molar-refractivity contribution in [2.45, 2.75) is 58.2 Å². The number of benzene rings is 2. The molecule has 0 amide bonds. The van der Waals surface area contributed by atoms with E-state index < -0.39 is 9.04 Å². The van der Waals surface area contributed by atoms with Crippen LogP contribution in [0.3, 0.4) is 0 Å². The number of hydrogen-bond donors (Lipinski definition) is 0. The van der Waals surface area contributed by atoms with Gasteiger partial charge in [-0.05, 0) is 71.3 Å². The summed E-state index contributed by atoms with van der Waals surface area (Å²) in [6.07, 6.45) is 6.53. The highest BCUT2D eigenvalue weighted by Gasteiger charge is 2.32. The molecule has 1 saturated heterocycles. The van der Waals surface area contributed by atoms with Crippen molar-refractivity contribution in [3.05, 3.63) is 100 Å². The number of fused-ring (bicyclic) bond motifs is 2. The second kappa shape index (κ2) is 11.6. The summed E-state index contributed by atoms with van der Waals surface area (Å²) in [5, 5.41) is 0. The molecule has 5 heteroatoms. The molecule has 3 aromatic rings. The van der Waals surface area contributed by atoms with Gasteiger partial charge in [0.15, 0.2) is 5.88 Å². The van der Waals surface area contributed by atoms with Gasteiger partial charge in [-0.25, -0.2) is 4.98 Å². The molecule has 1 aliphatic carbocycles.